The highest BCUT2D eigenvalue weighted by Gasteiger charge is 2.23. The molecule has 1 aliphatic rings. The average molecular weight is 228 g/mol. The topological polar surface area (TPSA) is 3.24 Å². The van der Waals surface area contributed by atoms with Gasteiger partial charge in [0.1, 0.15) is 5.82 Å². The highest BCUT2D eigenvalue weighted by atomic mass is 35.5. The first-order chi connectivity index (χ1) is 7.22. The van der Waals surface area contributed by atoms with Crippen molar-refractivity contribution in [1.82, 2.24) is 0 Å². The fourth-order valence-electron chi connectivity index (χ4n) is 1.89. The Morgan fingerprint density at radius 2 is 2.20 bits per heavy atom. The van der Waals surface area contributed by atoms with Crippen LogP contribution in [0.15, 0.2) is 18.2 Å². The fourth-order valence-corrected chi connectivity index (χ4v) is 2.06. The number of anilines is 1. The molecule has 1 fully saturated rings. The van der Waals surface area contributed by atoms with E-state index in [1.807, 2.05) is 24.1 Å². The molecule has 0 heterocycles. The van der Waals surface area contributed by atoms with E-state index in [0.717, 1.165) is 5.56 Å². The van der Waals surface area contributed by atoms with Crippen molar-refractivity contribution >= 4 is 17.3 Å². The highest BCUT2D eigenvalue weighted by Crippen LogP contribution is 2.30. The Balaban J connectivity index is 2.19. The van der Waals surface area contributed by atoms with E-state index < -0.39 is 0 Å². The van der Waals surface area contributed by atoms with E-state index in [2.05, 4.69) is 0 Å². The minimum absolute atomic E-state index is 0.164. The molecule has 0 radical (unpaired) electrons. The summed E-state index contributed by atoms with van der Waals surface area (Å²) in [6.45, 7) is 0. The molecule has 15 heavy (non-hydrogen) atoms. The van der Waals surface area contributed by atoms with Crippen LogP contribution in [-0.4, -0.2) is 13.1 Å². The summed E-state index contributed by atoms with van der Waals surface area (Å²) in [5.41, 5.74) is 1.52. The molecule has 1 aromatic rings. The standard InChI is InChI=1S/C12H15ClFN/c1-15(10-3-2-4-10)12-6-5-9(8-13)7-11(12)14/h5-7,10H,2-4,8H2,1H3. The lowest BCUT2D eigenvalue weighted by Crippen LogP contribution is -2.37. The second-order valence-electron chi connectivity index (χ2n) is 4.12. The average Bonchev–Trinajstić information content (AvgIpc) is 2.14. The van der Waals surface area contributed by atoms with Crippen molar-refractivity contribution in [2.75, 3.05) is 11.9 Å². The van der Waals surface area contributed by atoms with Crippen LogP contribution in [0, 0.1) is 5.82 Å². The van der Waals surface area contributed by atoms with Crippen LogP contribution in [0.4, 0.5) is 10.1 Å². The van der Waals surface area contributed by atoms with Crippen LogP contribution < -0.4 is 4.90 Å². The molecule has 0 unspecified atom stereocenters. The molecule has 1 nitrogen and oxygen atoms in total. The Bertz CT molecular complexity index is 349. The fraction of sp³-hybridized carbons (Fsp3) is 0.500. The van der Waals surface area contributed by atoms with Gasteiger partial charge in [-0.2, -0.15) is 0 Å². The van der Waals surface area contributed by atoms with Crippen LogP contribution in [0.25, 0.3) is 0 Å². The zero-order chi connectivity index (χ0) is 10.8. The van der Waals surface area contributed by atoms with Gasteiger partial charge in [0.2, 0.25) is 0 Å². The van der Waals surface area contributed by atoms with E-state index in [1.54, 1.807) is 0 Å². The third kappa shape index (κ3) is 2.10. The number of halogens is 2. The van der Waals surface area contributed by atoms with Gasteiger partial charge >= 0.3 is 0 Å². The molecule has 3 heteroatoms. The summed E-state index contributed by atoms with van der Waals surface area (Å²) in [6, 6.07) is 5.75. The molecule has 0 aromatic heterocycles. The lowest BCUT2D eigenvalue weighted by atomic mass is 9.91. The van der Waals surface area contributed by atoms with Gasteiger partial charge in [-0.1, -0.05) is 6.07 Å². The molecular formula is C12H15ClFN. The number of hydrogen-bond acceptors (Lipinski definition) is 1. The van der Waals surface area contributed by atoms with Crippen LogP contribution in [0.1, 0.15) is 24.8 Å². The van der Waals surface area contributed by atoms with Gasteiger partial charge in [-0.05, 0) is 37.0 Å². The molecule has 0 saturated heterocycles. The van der Waals surface area contributed by atoms with E-state index in [0.29, 0.717) is 17.6 Å². The molecule has 0 N–H and O–H groups in total. The summed E-state index contributed by atoms with van der Waals surface area (Å²) in [5.74, 6) is 0.201. The molecule has 0 aliphatic heterocycles. The van der Waals surface area contributed by atoms with E-state index >= 15 is 0 Å². The van der Waals surface area contributed by atoms with Crippen LogP contribution in [0.5, 0.6) is 0 Å². The smallest absolute Gasteiger partial charge is 0.146 e. The molecule has 0 atom stereocenters. The minimum atomic E-state index is -0.164. The van der Waals surface area contributed by atoms with Crippen molar-refractivity contribution in [2.24, 2.45) is 0 Å². The maximum atomic E-state index is 13.7. The Morgan fingerprint density at radius 3 is 2.67 bits per heavy atom. The normalized spacial score (nSPS) is 16.2. The van der Waals surface area contributed by atoms with Crippen molar-refractivity contribution in [2.45, 2.75) is 31.2 Å². The second-order valence-corrected chi connectivity index (χ2v) is 4.38. The predicted octanol–water partition coefficient (Wildman–Crippen LogP) is 3.55. The minimum Gasteiger partial charge on any atom is -0.369 e. The first-order valence-corrected chi connectivity index (χ1v) is 5.83. The Morgan fingerprint density at radius 1 is 1.47 bits per heavy atom. The van der Waals surface area contributed by atoms with Crippen molar-refractivity contribution in [3.8, 4) is 0 Å². The van der Waals surface area contributed by atoms with Crippen molar-refractivity contribution in [3.05, 3.63) is 29.6 Å². The molecule has 1 aromatic carbocycles. The van der Waals surface area contributed by atoms with Crippen molar-refractivity contribution in [3.63, 3.8) is 0 Å². The number of rotatable bonds is 3. The lowest BCUT2D eigenvalue weighted by molar-refractivity contribution is 0.398. The third-order valence-electron chi connectivity index (χ3n) is 3.17. The second kappa shape index (κ2) is 4.40. The lowest BCUT2D eigenvalue weighted by Gasteiger charge is -2.36. The first kappa shape index (κ1) is 10.7. The summed E-state index contributed by atoms with van der Waals surface area (Å²) in [4.78, 5) is 2.04. The maximum Gasteiger partial charge on any atom is 0.146 e. The number of benzene rings is 1. The van der Waals surface area contributed by atoms with Gasteiger partial charge in [-0.3, -0.25) is 0 Å². The van der Waals surface area contributed by atoms with Crippen LogP contribution in [0.2, 0.25) is 0 Å². The predicted molar refractivity (Wildman–Crippen MR) is 62.0 cm³/mol. The zero-order valence-electron chi connectivity index (χ0n) is 8.84. The quantitative estimate of drug-likeness (QED) is 0.714. The monoisotopic (exact) mass is 227 g/mol. The molecule has 0 spiro atoms. The zero-order valence-corrected chi connectivity index (χ0v) is 9.60. The van der Waals surface area contributed by atoms with Crippen LogP contribution in [-0.2, 0) is 5.88 Å². The number of nitrogens with zero attached hydrogens (tertiary/aromatic N) is 1. The Labute approximate surface area is 94.8 Å². The molecule has 1 aliphatic carbocycles. The Hall–Kier alpha value is -0.760. The van der Waals surface area contributed by atoms with E-state index in [1.165, 1.54) is 25.3 Å². The van der Waals surface area contributed by atoms with Gasteiger partial charge in [0.25, 0.3) is 0 Å². The van der Waals surface area contributed by atoms with Crippen LogP contribution in [0.3, 0.4) is 0 Å². The van der Waals surface area contributed by atoms with E-state index in [9.17, 15) is 4.39 Å². The van der Waals surface area contributed by atoms with E-state index in [-0.39, 0.29) is 5.82 Å². The summed E-state index contributed by atoms with van der Waals surface area (Å²) < 4.78 is 13.7. The largest absolute Gasteiger partial charge is 0.369 e. The van der Waals surface area contributed by atoms with Gasteiger partial charge in [0.15, 0.2) is 0 Å². The maximum absolute atomic E-state index is 13.7. The third-order valence-corrected chi connectivity index (χ3v) is 3.48. The van der Waals surface area contributed by atoms with Gasteiger partial charge in [-0.15, -0.1) is 11.6 Å². The van der Waals surface area contributed by atoms with E-state index in [4.69, 9.17) is 11.6 Å². The van der Waals surface area contributed by atoms with Gasteiger partial charge in [0.05, 0.1) is 5.69 Å². The molecule has 1 saturated carbocycles. The molecular weight excluding hydrogens is 213 g/mol. The molecule has 0 bridgehead atoms. The van der Waals surface area contributed by atoms with Gasteiger partial charge in [-0.25, -0.2) is 4.39 Å². The molecule has 0 amide bonds. The highest BCUT2D eigenvalue weighted by molar-refractivity contribution is 6.17. The van der Waals surface area contributed by atoms with Crippen LogP contribution >= 0.6 is 11.6 Å². The number of hydrogen-bond donors (Lipinski definition) is 0. The Kier molecular flexibility index (Phi) is 3.15. The van der Waals surface area contributed by atoms with Gasteiger partial charge in [0, 0.05) is 19.0 Å². The van der Waals surface area contributed by atoms with Crippen molar-refractivity contribution in [1.29, 1.82) is 0 Å². The summed E-state index contributed by atoms with van der Waals surface area (Å²) in [5, 5.41) is 0. The van der Waals surface area contributed by atoms with Crippen molar-refractivity contribution < 1.29 is 4.39 Å². The molecule has 82 valence electrons. The summed E-state index contributed by atoms with van der Waals surface area (Å²) in [7, 11) is 1.96. The summed E-state index contributed by atoms with van der Waals surface area (Å²) in [6.07, 6.45) is 3.61. The molecule has 2 rings (SSSR count). The summed E-state index contributed by atoms with van der Waals surface area (Å²) >= 11 is 5.65. The van der Waals surface area contributed by atoms with Gasteiger partial charge < -0.3 is 4.90 Å². The SMILES string of the molecule is CN(c1ccc(CCl)cc1F)C1CCC1. The number of alkyl halides is 1. The first-order valence-electron chi connectivity index (χ1n) is 5.29.